The minimum Gasteiger partial charge on any atom is -0.391 e. The summed E-state index contributed by atoms with van der Waals surface area (Å²) in [5.74, 6) is -0.271. The van der Waals surface area contributed by atoms with Crippen LogP contribution in [0, 0.1) is 18.7 Å². The normalized spacial score (nSPS) is 18.6. The van der Waals surface area contributed by atoms with Crippen LogP contribution >= 0.6 is 0 Å². The van der Waals surface area contributed by atoms with Crippen molar-refractivity contribution >= 4 is 10.0 Å². The van der Waals surface area contributed by atoms with Gasteiger partial charge in [0.2, 0.25) is 10.0 Å². The van der Waals surface area contributed by atoms with Crippen LogP contribution in [0.1, 0.15) is 37.7 Å². The van der Waals surface area contributed by atoms with Crippen molar-refractivity contribution in [3.8, 4) is 0 Å². The van der Waals surface area contributed by atoms with Crippen molar-refractivity contribution < 1.29 is 17.9 Å². The van der Waals surface area contributed by atoms with Crippen LogP contribution in [0.2, 0.25) is 0 Å². The Hall–Kier alpha value is -0.980. The molecule has 0 radical (unpaired) electrons. The van der Waals surface area contributed by atoms with Crippen LogP contribution in [0.15, 0.2) is 23.1 Å². The molecular weight excluding hydrogens is 293 g/mol. The molecule has 1 aliphatic carbocycles. The maximum atomic E-state index is 13.2. The zero-order valence-corrected chi connectivity index (χ0v) is 13.0. The summed E-state index contributed by atoms with van der Waals surface area (Å²) in [6.45, 7) is 1.52. The molecule has 2 rings (SSSR count). The Morgan fingerprint density at radius 2 is 2.00 bits per heavy atom. The summed E-state index contributed by atoms with van der Waals surface area (Å²) in [6, 6.07) is 3.67. The maximum absolute atomic E-state index is 13.2. The zero-order valence-electron chi connectivity index (χ0n) is 12.2. The molecule has 0 bridgehead atoms. The van der Waals surface area contributed by atoms with Crippen molar-refractivity contribution in [3.63, 3.8) is 0 Å². The van der Waals surface area contributed by atoms with E-state index in [1.54, 1.807) is 0 Å². The van der Waals surface area contributed by atoms with Crippen LogP contribution in [0.4, 0.5) is 4.39 Å². The van der Waals surface area contributed by atoms with E-state index in [1.807, 2.05) is 0 Å². The molecule has 4 nitrogen and oxygen atoms in total. The number of hydrogen-bond acceptors (Lipinski definition) is 3. The van der Waals surface area contributed by atoms with E-state index in [4.69, 9.17) is 0 Å². The van der Waals surface area contributed by atoms with Crippen LogP contribution in [-0.2, 0) is 10.0 Å². The maximum Gasteiger partial charge on any atom is 0.240 e. The SMILES string of the molecule is Cc1cc(S(=O)(=O)NCC(O)C2CCCCC2)ccc1F. The van der Waals surface area contributed by atoms with Gasteiger partial charge in [-0.1, -0.05) is 19.3 Å². The number of aryl methyl sites for hydroxylation is 1. The second-order valence-corrected chi connectivity index (χ2v) is 7.50. The Labute approximate surface area is 125 Å². The van der Waals surface area contributed by atoms with Crippen LogP contribution in [0.3, 0.4) is 0 Å². The van der Waals surface area contributed by atoms with E-state index >= 15 is 0 Å². The molecular formula is C15H22FNO3S. The smallest absolute Gasteiger partial charge is 0.240 e. The lowest BCUT2D eigenvalue weighted by atomic mass is 9.85. The van der Waals surface area contributed by atoms with Crippen molar-refractivity contribution in [3.05, 3.63) is 29.6 Å². The Morgan fingerprint density at radius 3 is 2.62 bits per heavy atom. The van der Waals surface area contributed by atoms with Crippen molar-refractivity contribution in [2.75, 3.05) is 6.54 Å². The minimum absolute atomic E-state index is 0.00340. The molecule has 0 aromatic heterocycles. The van der Waals surface area contributed by atoms with Crippen LogP contribution in [0.5, 0.6) is 0 Å². The molecule has 2 N–H and O–H groups in total. The van der Waals surface area contributed by atoms with Gasteiger partial charge in [0.1, 0.15) is 5.82 Å². The second-order valence-electron chi connectivity index (χ2n) is 5.73. The van der Waals surface area contributed by atoms with E-state index in [2.05, 4.69) is 4.72 Å². The molecule has 118 valence electrons. The molecule has 1 unspecified atom stereocenters. The third-order valence-electron chi connectivity index (χ3n) is 4.12. The van der Waals surface area contributed by atoms with Crippen molar-refractivity contribution in [1.82, 2.24) is 4.72 Å². The first kappa shape index (κ1) is 16.4. The highest BCUT2D eigenvalue weighted by molar-refractivity contribution is 7.89. The highest BCUT2D eigenvalue weighted by Crippen LogP contribution is 2.26. The van der Waals surface area contributed by atoms with E-state index in [9.17, 15) is 17.9 Å². The van der Waals surface area contributed by atoms with Gasteiger partial charge in [0.15, 0.2) is 0 Å². The zero-order chi connectivity index (χ0) is 15.5. The molecule has 21 heavy (non-hydrogen) atoms. The van der Waals surface area contributed by atoms with Gasteiger partial charge in [-0.2, -0.15) is 0 Å². The topological polar surface area (TPSA) is 66.4 Å². The highest BCUT2D eigenvalue weighted by Gasteiger charge is 2.24. The van der Waals surface area contributed by atoms with Crippen LogP contribution in [-0.4, -0.2) is 26.2 Å². The van der Waals surface area contributed by atoms with Gasteiger partial charge < -0.3 is 5.11 Å². The third-order valence-corrected chi connectivity index (χ3v) is 5.54. The predicted molar refractivity (Wildman–Crippen MR) is 78.9 cm³/mol. The molecule has 0 spiro atoms. The number of nitrogens with one attached hydrogen (secondary N) is 1. The molecule has 0 amide bonds. The molecule has 1 aromatic carbocycles. The van der Waals surface area contributed by atoms with Gasteiger partial charge in [-0.25, -0.2) is 17.5 Å². The van der Waals surface area contributed by atoms with Crippen LogP contribution in [0.25, 0.3) is 0 Å². The molecule has 1 atom stereocenters. The van der Waals surface area contributed by atoms with E-state index in [1.165, 1.54) is 25.5 Å². The standard InChI is InChI=1S/C15H22FNO3S/c1-11-9-13(7-8-14(11)16)21(19,20)17-10-15(18)12-5-3-2-4-6-12/h7-9,12,15,17-18H,2-6,10H2,1H3. The molecule has 6 heteroatoms. The van der Waals surface area contributed by atoms with Crippen LogP contribution < -0.4 is 4.72 Å². The number of hydrogen-bond donors (Lipinski definition) is 2. The molecule has 0 heterocycles. The second kappa shape index (κ2) is 6.85. The number of aliphatic hydroxyl groups excluding tert-OH is 1. The summed E-state index contributed by atoms with van der Waals surface area (Å²) in [5.41, 5.74) is 0.283. The fourth-order valence-corrected chi connectivity index (χ4v) is 3.88. The predicted octanol–water partition coefficient (Wildman–Crippen LogP) is 2.35. The lowest BCUT2D eigenvalue weighted by Gasteiger charge is -2.26. The number of halogens is 1. The Kier molecular flexibility index (Phi) is 5.35. The van der Waals surface area contributed by atoms with E-state index in [0.29, 0.717) is 0 Å². The number of sulfonamides is 1. The summed E-state index contributed by atoms with van der Waals surface area (Å²) in [4.78, 5) is 0.0252. The van der Waals surface area contributed by atoms with Gasteiger partial charge in [-0.3, -0.25) is 0 Å². The molecule has 1 saturated carbocycles. The third kappa shape index (κ3) is 4.25. The summed E-state index contributed by atoms with van der Waals surface area (Å²) >= 11 is 0. The molecule has 1 fully saturated rings. The quantitative estimate of drug-likeness (QED) is 0.876. The summed E-state index contributed by atoms with van der Waals surface area (Å²) in [6.07, 6.45) is 4.58. The largest absolute Gasteiger partial charge is 0.391 e. The Balaban J connectivity index is 1.98. The fraction of sp³-hybridized carbons (Fsp3) is 0.600. The first-order chi connectivity index (χ1) is 9.90. The van der Waals surface area contributed by atoms with Gasteiger partial charge in [-0.05, 0) is 49.4 Å². The van der Waals surface area contributed by atoms with Gasteiger partial charge in [0, 0.05) is 6.54 Å². The van der Waals surface area contributed by atoms with Gasteiger partial charge in [0.25, 0.3) is 0 Å². The highest BCUT2D eigenvalue weighted by atomic mass is 32.2. The molecule has 0 aliphatic heterocycles. The molecule has 0 saturated heterocycles. The summed E-state index contributed by atoms with van der Waals surface area (Å²) in [5, 5.41) is 10.1. The Bertz CT molecular complexity index is 583. The number of rotatable bonds is 5. The van der Waals surface area contributed by atoms with E-state index in [0.717, 1.165) is 31.7 Å². The fourth-order valence-electron chi connectivity index (χ4n) is 2.75. The Morgan fingerprint density at radius 1 is 1.33 bits per heavy atom. The number of benzene rings is 1. The average Bonchev–Trinajstić information content (AvgIpc) is 2.48. The van der Waals surface area contributed by atoms with Gasteiger partial charge in [0.05, 0.1) is 11.0 Å². The molecule has 1 aliphatic rings. The van der Waals surface area contributed by atoms with E-state index in [-0.39, 0.29) is 22.9 Å². The lowest BCUT2D eigenvalue weighted by molar-refractivity contribution is 0.0888. The van der Waals surface area contributed by atoms with Gasteiger partial charge in [-0.15, -0.1) is 0 Å². The van der Waals surface area contributed by atoms with Gasteiger partial charge >= 0.3 is 0 Å². The molecule has 1 aromatic rings. The first-order valence-electron chi connectivity index (χ1n) is 7.34. The monoisotopic (exact) mass is 315 g/mol. The van der Waals surface area contributed by atoms with Crippen molar-refractivity contribution in [2.24, 2.45) is 5.92 Å². The number of aliphatic hydroxyl groups is 1. The first-order valence-corrected chi connectivity index (χ1v) is 8.82. The minimum atomic E-state index is -3.71. The van der Waals surface area contributed by atoms with E-state index < -0.39 is 21.9 Å². The van der Waals surface area contributed by atoms with Crippen molar-refractivity contribution in [2.45, 2.75) is 50.0 Å². The lowest BCUT2D eigenvalue weighted by Crippen LogP contribution is -2.37. The summed E-state index contributed by atoms with van der Waals surface area (Å²) in [7, 11) is -3.71. The summed E-state index contributed by atoms with van der Waals surface area (Å²) < 4.78 is 39.9. The average molecular weight is 315 g/mol. The van der Waals surface area contributed by atoms with Crippen molar-refractivity contribution in [1.29, 1.82) is 0 Å².